The third-order valence-electron chi connectivity index (χ3n) is 5.73. The lowest BCUT2D eigenvalue weighted by Gasteiger charge is -2.23. The molecule has 3 heteroatoms. The summed E-state index contributed by atoms with van der Waals surface area (Å²) in [6.45, 7) is 12.9. The summed E-state index contributed by atoms with van der Waals surface area (Å²) in [5, 5.41) is 0. The Kier molecular flexibility index (Phi) is 4.76. The minimum atomic E-state index is 0.994. The summed E-state index contributed by atoms with van der Waals surface area (Å²) >= 11 is 0. The summed E-state index contributed by atoms with van der Waals surface area (Å²) in [6, 6.07) is 19.6. The lowest BCUT2D eigenvalue weighted by Crippen LogP contribution is -2.34. The zero-order chi connectivity index (χ0) is 19.8. The molecule has 0 N–H and O–H groups in total. The monoisotopic (exact) mass is 370 g/mol. The summed E-state index contributed by atoms with van der Waals surface area (Å²) in [4.78, 5) is 7.45. The summed E-state index contributed by atoms with van der Waals surface area (Å²) in [7, 11) is 0. The van der Waals surface area contributed by atoms with Crippen LogP contribution in [0.15, 0.2) is 54.6 Å². The molecule has 0 saturated carbocycles. The van der Waals surface area contributed by atoms with E-state index in [4.69, 9.17) is 4.98 Å². The Morgan fingerprint density at radius 1 is 0.750 bits per heavy atom. The minimum absolute atomic E-state index is 0.994. The number of hydrogen-bond donors (Lipinski definition) is 0. The molecule has 0 aliphatic carbocycles. The van der Waals surface area contributed by atoms with Crippen LogP contribution in [0.5, 0.6) is 0 Å². The Balaban J connectivity index is 2.16. The van der Waals surface area contributed by atoms with Gasteiger partial charge in [0.15, 0.2) is 0 Å². The van der Waals surface area contributed by atoms with E-state index in [0.29, 0.717) is 0 Å². The highest BCUT2D eigenvalue weighted by Gasteiger charge is 2.22. The van der Waals surface area contributed by atoms with E-state index in [0.717, 1.165) is 40.8 Å². The number of rotatable bonds is 4. The van der Waals surface area contributed by atoms with Gasteiger partial charge in [0.2, 0.25) is 16.7 Å². The number of hydrogen-bond acceptors (Lipinski definition) is 2. The molecule has 3 aromatic carbocycles. The van der Waals surface area contributed by atoms with Gasteiger partial charge in [-0.2, -0.15) is 0 Å². The maximum Gasteiger partial charge on any atom is 0.239 e. The molecule has 0 radical (unpaired) electrons. The molecule has 0 saturated heterocycles. The van der Waals surface area contributed by atoms with Crippen LogP contribution in [0, 0.1) is 20.8 Å². The first kappa shape index (κ1) is 18.4. The molecule has 0 bridgehead atoms. The molecule has 28 heavy (non-hydrogen) atoms. The van der Waals surface area contributed by atoms with Gasteiger partial charge >= 0.3 is 0 Å². The van der Waals surface area contributed by atoms with Gasteiger partial charge in [-0.25, -0.2) is 4.98 Å². The number of nitrogens with zero attached hydrogens (tertiary/aromatic N) is 3. The van der Waals surface area contributed by atoms with Gasteiger partial charge in [-0.15, -0.1) is 4.57 Å². The van der Waals surface area contributed by atoms with Crippen LogP contribution in [0.3, 0.4) is 0 Å². The molecular weight excluding hydrogens is 342 g/mol. The van der Waals surface area contributed by atoms with Crippen LogP contribution in [0.1, 0.15) is 30.5 Å². The van der Waals surface area contributed by atoms with Crippen LogP contribution < -0.4 is 9.47 Å². The topological polar surface area (TPSA) is 20.0 Å². The molecule has 0 aliphatic heterocycles. The Morgan fingerprint density at radius 2 is 1.32 bits per heavy atom. The number of para-hydroxylation sites is 1. The Hall–Kier alpha value is -2.94. The van der Waals surface area contributed by atoms with E-state index < -0.39 is 0 Å². The summed E-state index contributed by atoms with van der Waals surface area (Å²) in [5.74, 6) is 0. The Labute approximate surface area is 167 Å². The van der Waals surface area contributed by atoms with Gasteiger partial charge in [0.1, 0.15) is 11.0 Å². The molecule has 0 spiro atoms. The average Bonchev–Trinajstić information content (AvgIpc) is 2.70. The summed E-state index contributed by atoms with van der Waals surface area (Å²) < 4.78 is 2.36. The fourth-order valence-corrected chi connectivity index (χ4v) is 4.01. The van der Waals surface area contributed by atoms with Crippen molar-refractivity contribution in [3.05, 3.63) is 71.3 Å². The van der Waals surface area contributed by atoms with Gasteiger partial charge in [0.25, 0.3) is 0 Å². The Bertz CT molecular complexity index is 1160. The molecule has 4 aromatic rings. The second-order valence-corrected chi connectivity index (χ2v) is 7.51. The third-order valence-corrected chi connectivity index (χ3v) is 5.73. The smallest absolute Gasteiger partial charge is 0.239 e. The predicted molar refractivity (Wildman–Crippen MR) is 119 cm³/mol. The average molecular weight is 371 g/mol. The first-order valence-corrected chi connectivity index (χ1v) is 10.1. The Morgan fingerprint density at radius 3 is 1.96 bits per heavy atom. The molecule has 0 amide bonds. The molecule has 4 rings (SSSR count). The van der Waals surface area contributed by atoms with Crippen molar-refractivity contribution < 1.29 is 4.57 Å². The summed E-state index contributed by atoms with van der Waals surface area (Å²) in [5.41, 5.74) is 10.6. The van der Waals surface area contributed by atoms with Crippen LogP contribution in [-0.2, 0) is 0 Å². The van der Waals surface area contributed by atoms with Crippen LogP contribution in [0.4, 0.5) is 5.69 Å². The highest BCUT2D eigenvalue weighted by atomic mass is 15.1. The zero-order valence-electron chi connectivity index (χ0n) is 17.5. The number of anilines is 1. The molecule has 0 fully saturated rings. The number of aryl methyl sites for hydroxylation is 3. The van der Waals surface area contributed by atoms with Crippen LogP contribution in [0.25, 0.3) is 27.8 Å². The van der Waals surface area contributed by atoms with Gasteiger partial charge < -0.3 is 4.90 Å². The second-order valence-electron chi connectivity index (χ2n) is 7.51. The lowest BCUT2D eigenvalue weighted by atomic mass is 10.1. The van der Waals surface area contributed by atoms with Crippen molar-refractivity contribution in [1.82, 2.24) is 4.98 Å². The molecular formula is C25H28N3+. The molecule has 0 atom stereocenters. The van der Waals surface area contributed by atoms with Crippen molar-refractivity contribution in [2.45, 2.75) is 34.6 Å². The van der Waals surface area contributed by atoms with E-state index in [1.807, 2.05) is 0 Å². The fourth-order valence-electron chi connectivity index (χ4n) is 4.01. The van der Waals surface area contributed by atoms with Gasteiger partial charge in [0.05, 0.1) is 0 Å². The highest BCUT2D eigenvalue weighted by Crippen LogP contribution is 2.27. The van der Waals surface area contributed by atoms with Gasteiger partial charge in [-0.3, -0.25) is 0 Å². The molecule has 1 heterocycles. The van der Waals surface area contributed by atoms with Crippen LogP contribution in [-0.4, -0.2) is 18.1 Å². The maximum absolute atomic E-state index is 5.04. The van der Waals surface area contributed by atoms with E-state index in [2.05, 4.69) is 98.7 Å². The van der Waals surface area contributed by atoms with Crippen molar-refractivity contribution in [2.24, 2.45) is 0 Å². The first-order chi connectivity index (χ1) is 13.5. The molecule has 0 unspecified atom stereocenters. The molecule has 3 nitrogen and oxygen atoms in total. The van der Waals surface area contributed by atoms with E-state index in [9.17, 15) is 0 Å². The number of aromatic nitrogens is 2. The van der Waals surface area contributed by atoms with Crippen molar-refractivity contribution in [1.29, 1.82) is 0 Å². The fraction of sp³-hybridized carbons (Fsp3) is 0.280. The molecule has 1 aromatic heterocycles. The van der Waals surface area contributed by atoms with E-state index in [-0.39, 0.29) is 0 Å². The van der Waals surface area contributed by atoms with Crippen molar-refractivity contribution in [3.63, 3.8) is 0 Å². The first-order valence-electron chi connectivity index (χ1n) is 10.1. The van der Waals surface area contributed by atoms with Gasteiger partial charge in [-0.05, 0) is 63.4 Å². The minimum Gasteiger partial charge on any atom is -0.372 e. The van der Waals surface area contributed by atoms with Crippen molar-refractivity contribution in [3.8, 4) is 5.69 Å². The lowest BCUT2D eigenvalue weighted by molar-refractivity contribution is -0.538. The van der Waals surface area contributed by atoms with E-state index in [1.165, 1.54) is 22.4 Å². The molecule has 0 aliphatic rings. The third kappa shape index (κ3) is 3.01. The van der Waals surface area contributed by atoms with Gasteiger partial charge in [-0.1, -0.05) is 18.2 Å². The van der Waals surface area contributed by atoms with Gasteiger partial charge in [0, 0.05) is 43.0 Å². The number of benzene rings is 3. The van der Waals surface area contributed by atoms with Crippen molar-refractivity contribution >= 4 is 27.8 Å². The maximum atomic E-state index is 5.04. The predicted octanol–water partition coefficient (Wildman–Crippen LogP) is 5.44. The van der Waals surface area contributed by atoms with Crippen LogP contribution in [0.2, 0.25) is 0 Å². The molecule has 142 valence electrons. The quantitative estimate of drug-likeness (QED) is 0.352. The second kappa shape index (κ2) is 7.23. The van der Waals surface area contributed by atoms with E-state index in [1.54, 1.807) is 0 Å². The van der Waals surface area contributed by atoms with Crippen LogP contribution >= 0.6 is 0 Å². The van der Waals surface area contributed by atoms with E-state index >= 15 is 0 Å². The van der Waals surface area contributed by atoms with Crippen molar-refractivity contribution in [2.75, 3.05) is 18.0 Å². The normalized spacial score (nSPS) is 11.3. The SMILES string of the molecule is CCN(CC)c1cc2c(cc1C)nc1cc(C)c(C)cc1[n+]2-c1ccccc1. The summed E-state index contributed by atoms with van der Waals surface area (Å²) in [6.07, 6.45) is 0. The largest absolute Gasteiger partial charge is 0.372 e. The standard InChI is InChI=1S/C25H28N3/c1-6-27(7-2)23-16-25-22(14-19(23)5)26-21-13-17(3)18(4)15-24(21)28(25)20-11-9-8-10-12-20/h8-16H,6-7H2,1-5H3/q+1. The highest BCUT2D eigenvalue weighted by molar-refractivity contribution is 5.86. The zero-order valence-corrected chi connectivity index (χ0v) is 17.5. The number of fused-ring (bicyclic) bond motifs is 2.